The van der Waals surface area contributed by atoms with Gasteiger partial charge in [0, 0.05) is 18.7 Å². The number of fused-ring (bicyclic) bond motifs is 1. The Kier molecular flexibility index (Phi) is 5.28. The van der Waals surface area contributed by atoms with Crippen LogP contribution in [-0.2, 0) is 6.18 Å². The number of halogens is 5. The van der Waals surface area contributed by atoms with Crippen molar-refractivity contribution >= 4 is 26.8 Å². The van der Waals surface area contributed by atoms with Crippen LogP contribution in [0.3, 0.4) is 0 Å². The summed E-state index contributed by atoms with van der Waals surface area (Å²) < 4.78 is 70.0. The summed E-state index contributed by atoms with van der Waals surface area (Å²) in [5.41, 5.74) is -0.338. The van der Waals surface area contributed by atoms with Crippen LogP contribution in [0, 0.1) is 0 Å². The molecule has 0 N–H and O–H groups in total. The van der Waals surface area contributed by atoms with Crippen molar-refractivity contribution in [2.24, 2.45) is 0 Å². The van der Waals surface area contributed by atoms with Crippen LogP contribution in [0.1, 0.15) is 24.8 Å². The minimum absolute atomic E-state index is 0.000484. The van der Waals surface area contributed by atoms with Crippen molar-refractivity contribution in [2.45, 2.75) is 32.1 Å². The van der Waals surface area contributed by atoms with Crippen molar-refractivity contribution in [1.82, 2.24) is 9.97 Å². The Bertz CT molecular complexity index is 997. The van der Waals surface area contributed by atoms with Gasteiger partial charge in [0.15, 0.2) is 10.8 Å². The topological polar surface area (TPSA) is 38.2 Å². The molecule has 29 heavy (non-hydrogen) atoms. The SMILES string of the molecule is FC(F)Oc1ccc(-c2cc(C(F)(F)F)c3sc(N4CCCCC4)nc3n2)cc1. The van der Waals surface area contributed by atoms with Crippen LogP contribution in [0.2, 0.25) is 0 Å². The molecule has 3 heterocycles. The molecule has 10 heteroatoms. The fraction of sp³-hybridized carbons (Fsp3) is 0.368. The van der Waals surface area contributed by atoms with E-state index in [0.29, 0.717) is 10.7 Å². The second kappa shape index (κ2) is 7.74. The molecule has 4 rings (SSSR count). The lowest BCUT2D eigenvalue weighted by molar-refractivity contribution is -0.136. The number of pyridine rings is 1. The molecule has 0 atom stereocenters. The summed E-state index contributed by atoms with van der Waals surface area (Å²) >= 11 is 0.999. The molecule has 0 amide bonds. The summed E-state index contributed by atoms with van der Waals surface area (Å²) in [7, 11) is 0. The van der Waals surface area contributed by atoms with Gasteiger partial charge in [0.2, 0.25) is 0 Å². The van der Waals surface area contributed by atoms with Crippen molar-refractivity contribution < 1.29 is 26.7 Å². The van der Waals surface area contributed by atoms with Crippen molar-refractivity contribution in [2.75, 3.05) is 18.0 Å². The van der Waals surface area contributed by atoms with Crippen LogP contribution in [0.15, 0.2) is 30.3 Å². The molecule has 0 radical (unpaired) electrons. The van der Waals surface area contributed by atoms with Gasteiger partial charge in [-0.15, -0.1) is 0 Å². The first-order chi connectivity index (χ1) is 13.8. The standard InChI is InChI=1S/C19H16F5N3OS/c20-17(21)28-12-6-4-11(5-7-12)14-10-13(19(22,23)24)15-16(25-14)26-18(29-15)27-8-2-1-3-9-27/h4-7,10,17H,1-3,8-9H2. The smallest absolute Gasteiger partial charge is 0.417 e. The van der Waals surface area contributed by atoms with Crippen molar-refractivity contribution in [3.63, 3.8) is 0 Å². The molecular formula is C19H16F5N3OS. The van der Waals surface area contributed by atoms with E-state index < -0.39 is 18.4 Å². The maximum absolute atomic E-state index is 13.7. The zero-order valence-corrected chi connectivity index (χ0v) is 15.9. The van der Waals surface area contributed by atoms with Gasteiger partial charge >= 0.3 is 12.8 Å². The molecule has 1 saturated heterocycles. The quantitative estimate of drug-likeness (QED) is 0.479. The van der Waals surface area contributed by atoms with Gasteiger partial charge in [0.1, 0.15) is 5.75 Å². The van der Waals surface area contributed by atoms with E-state index in [-0.39, 0.29) is 21.8 Å². The van der Waals surface area contributed by atoms with Crippen LogP contribution >= 0.6 is 11.3 Å². The van der Waals surface area contributed by atoms with Gasteiger partial charge in [-0.05, 0) is 49.6 Å². The Morgan fingerprint density at radius 3 is 2.31 bits per heavy atom. The molecule has 1 aliphatic heterocycles. The third kappa shape index (κ3) is 4.26. The minimum Gasteiger partial charge on any atom is -0.435 e. The van der Waals surface area contributed by atoms with Crippen LogP contribution in [0.25, 0.3) is 21.6 Å². The monoisotopic (exact) mass is 429 g/mol. The van der Waals surface area contributed by atoms with Crippen LogP contribution in [-0.4, -0.2) is 29.7 Å². The van der Waals surface area contributed by atoms with E-state index in [2.05, 4.69) is 14.7 Å². The van der Waals surface area contributed by atoms with E-state index >= 15 is 0 Å². The zero-order chi connectivity index (χ0) is 20.6. The molecule has 2 aromatic heterocycles. The van der Waals surface area contributed by atoms with E-state index in [1.165, 1.54) is 24.3 Å². The molecule has 1 aliphatic rings. The summed E-state index contributed by atoms with van der Waals surface area (Å²) in [6.07, 6.45) is -1.51. The normalized spacial score (nSPS) is 15.3. The lowest BCUT2D eigenvalue weighted by Gasteiger charge is -2.25. The summed E-state index contributed by atoms with van der Waals surface area (Å²) in [6.45, 7) is -1.45. The largest absolute Gasteiger partial charge is 0.435 e. The lowest BCUT2D eigenvalue weighted by atomic mass is 10.1. The fourth-order valence-electron chi connectivity index (χ4n) is 3.29. The van der Waals surface area contributed by atoms with E-state index in [4.69, 9.17) is 0 Å². The third-order valence-electron chi connectivity index (χ3n) is 4.66. The fourth-order valence-corrected chi connectivity index (χ4v) is 4.38. The van der Waals surface area contributed by atoms with Gasteiger partial charge in [-0.1, -0.05) is 11.3 Å². The Morgan fingerprint density at radius 1 is 1.00 bits per heavy atom. The molecule has 4 nitrogen and oxygen atoms in total. The first kappa shape index (κ1) is 19.8. The second-order valence-electron chi connectivity index (χ2n) is 6.65. The summed E-state index contributed by atoms with van der Waals surface area (Å²) in [5.74, 6) is -0.0816. The maximum Gasteiger partial charge on any atom is 0.417 e. The first-order valence-electron chi connectivity index (χ1n) is 9.00. The van der Waals surface area contributed by atoms with Crippen molar-refractivity contribution in [3.05, 3.63) is 35.9 Å². The van der Waals surface area contributed by atoms with E-state index in [1.54, 1.807) is 0 Å². The van der Waals surface area contributed by atoms with Gasteiger partial charge < -0.3 is 9.64 Å². The molecule has 1 fully saturated rings. The molecular weight excluding hydrogens is 413 g/mol. The highest BCUT2D eigenvalue weighted by atomic mass is 32.1. The number of thiazole rings is 1. The summed E-state index contributed by atoms with van der Waals surface area (Å²) in [4.78, 5) is 10.7. The van der Waals surface area contributed by atoms with Gasteiger partial charge in [-0.2, -0.15) is 26.9 Å². The molecule has 1 aromatic carbocycles. The Labute approximate surface area is 166 Å². The van der Waals surface area contributed by atoms with E-state index in [0.717, 1.165) is 49.8 Å². The number of benzene rings is 1. The number of hydrogen-bond acceptors (Lipinski definition) is 5. The lowest BCUT2D eigenvalue weighted by Crippen LogP contribution is -2.29. The van der Waals surface area contributed by atoms with Gasteiger partial charge in [-0.25, -0.2) is 4.98 Å². The number of alkyl halides is 5. The molecule has 3 aromatic rings. The van der Waals surface area contributed by atoms with Crippen molar-refractivity contribution in [3.8, 4) is 17.0 Å². The highest BCUT2D eigenvalue weighted by Crippen LogP contribution is 2.41. The summed E-state index contributed by atoms with van der Waals surface area (Å²) in [6, 6.07) is 6.29. The maximum atomic E-state index is 13.7. The predicted molar refractivity (Wildman–Crippen MR) is 101 cm³/mol. The second-order valence-corrected chi connectivity index (χ2v) is 7.63. The average Bonchev–Trinajstić information content (AvgIpc) is 3.11. The number of hydrogen-bond donors (Lipinski definition) is 0. The summed E-state index contributed by atoms with van der Waals surface area (Å²) in [5, 5.41) is 0.538. The number of ether oxygens (including phenoxy) is 1. The van der Waals surface area contributed by atoms with E-state index in [9.17, 15) is 22.0 Å². The molecule has 0 spiro atoms. The number of anilines is 1. The minimum atomic E-state index is -4.57. The van der Waals surface area contributed by atoms with Crippen LogP contribution < -0.4 is 9.64 Å². The number of nitrogens with zero attached hydrogens (tertiary/aromatic N) is 3. The molecule has 0 unspecified atom stereocenters. The van der Waals surface area contributed by atoms with Crippen LogP contribution in [0.4, 0.5) is 27.1 Å². The van der Waals surface area contributed by atoms with E-state index in [1.807, 2.05) is 4.90 Å². The molecule has 0 aliphatic carbocycles. The van der Waals surface area contributed by atoms with Crippen molar-refractivity contribution in [1.29, 1.82) is 0 Å². The Hall–Kier alpha value is -2.49. The highest BCUT2D eigenvalue weighted by Gasteiger charge is 2.35. The number of aromatic nitrogens is 2. The molecule has 0 bridgehead atoms. The Morgan fingerprint density at radius 2 is 1.69 bits per heavy atom. The number of piperidine rings is 1. The van der Waals surface area contributed by atoms with Crippen LogP contribution in [0.5, 0.6) is 5.75 Å². The van der Waals surface area contributed by atoms with Gasteiger partial charge in [0.05, 0.1) is 16.0 Å². The third-order valence-corrected chi connectivity index (χ3v) is 5.80. The predicted octanol–water partition coefficient (Wildman–Crippen LogP) is 5.97. The van der Waals surface area contributed by atoms with Gasteiger partial charge in [-0.3, -0.25) is 0 Å². The zero-order valence-electron chi connectivity index (χ0n) is 15.0. The molecule has 0 saturated carbocycles. The first-order valence-corrected chi connectivity index (χ1v) is 9.82. The average molecular weight is 429 g/mol. The number of rotatable bonds is 4. The van der Waals surface area contributed by atoms with Gasteiger partial charge in [0.25, 0.3) is 0 Å². The Balaban J connectivity index is 1.76. The highest BCUT2D eigenvalue weighted by molar-refractivity contribution is 7.22. The molecule has 154 valence electrons.